The molecule has 0 saturated carbocycles. The van der Waals surface area contributed by atoms with Crippen LogP contribution in [0.3, 0.4) is 0 Å². The number of carbonyl (C=O) groups is 2. The van der Waals surface area contributed by atoms with Crippen LogP contribution in [0, 0.1) is 5.92 Å². The third-order valence-corrected chi connectivity index (χ3v) is 1.10. The zero-order valence-corrected chi connectivity index (χ0v) is 5.83. The van der Waals surface area contributed by atoms with Gasteiger partial charge in [-0.1, -0.05) is 6.92 Å². The quantitative estimate of drug-likeness (QED) is 0.565. The van der Waals surface area contributed by atoms with Crippen molar-refractivity contribution in [2.75, 3.05) is 6.54 Å². The number of nitrogens with one attached hydrogen (secondary N) is 1. The lowest BCUT2D eigenvalue weighted by molar-refractivity contribution is -0.108. The molecule has 4 nitrogen and oxygen atoms in total. The summed E-state index contributed by atoms with van der Waals surface area (Å²) in [7, 11) is 0. The van der Waals surface area contributed by atoms with Crippen LogP contribution >= 0.6 is 0 Å². The first-order valence-corrected chi connectivity index (χ1v) is 3.07. The van der Waals surface area contributed by atoms with Gasteiger partial charge in [-0.2, -0.15) is 0 Å². The third-order valence-electron chi connectivity index (χ3n) is 1.10. The van der Waals surface area contributed by atoms with Gasteiger partial charge in [0.15, 0.2) is 0 Å². The molecule has 0 fully saturated rings. The first-order chi connectivity index (χ1) is 4.66. The van der Waals surface area contributed by atoms with E-state index in [2.05, 4.69) is 5.32 Å². The first kappa shape index (κ1) is 8.94. The molecule has 0 spiro atoms. The van der Waals surface area contributed by atoms with E-state index in [9.17, 15) is 9.59 Å². The van der Waals surface area contributed by atoms with Gasteiger partial charge in [-0.25, -0.2) is 4.79 Å². The minimum Gasteiger partial charge on any atom is -0.465 e. The lowest BCUT2D eigenvalue weighted by atomic mass is 10.1. The van der Waals surface area contributed by atoms with Crippen molar-refractivity contribution in [1.29, 1.82) is 0 Å². The minimum absolute atomic E-state index is 0.0913. The summed E-state index contributed by atoms with van der Waals surface area (Å²) in [6.07, 6.45) is 0.145. The highest BCUT2D eigenvalue weighted by Gasteiger charge is 2.01. The summed E-state index contributed by atoms with van der Waals surface area (Å²) >= 11 is 0. The van der Waals surface area contributed by atoms with E-state index in [1.54, 1.807) is 0 Å². The predicted octanol–water partition coefficient (Wildman–Crippen LogP) is 0.479. The Morgan fingerprint density at radius 3 is 2.80 bits per heavy atom. The molecule has 0 bridgehead atoms. The fourth-order valence-electron chi connectivity index (χ4n) is 0.509. The van der Waals surface area contributed by atoms with Gasteiger partial charge in [0.05, 0.1) is 0 Å². The van der Waals surface area contributed by atoms with Crippen LogP contribution in [-0.2, 0) is 4.79 Å². The Balaban J connectivity index is 3.29. The standard InChI is InChI=1S/C6H11NO3/c1-5(2-3-8)4-7-6(9)10/h3,5,7H,2,4H2,1H3,(H,9,10). The van der Waals surface area contributed by atoms with Crippen molar-refractivity contribution in [2.24, 2.45) is 5.92 Å². The maximum atomic E-state index is 9.91. The normalized spacial score (nSPS) is 12.1. The fraction of sp³-hybridized carbons (Fsp3) is 0.667. The molecule has 0 aliphatic carbocycles. The molecule has 10 heavy (non-hydrogen) atoms. The Morgan fingerprint density at radius 1 is 1.80 bits per heavy atom. The monoisotopic (exact) mass is 145 g/mol. The van der Waals surface area contributed by atoms with Gasteiger partial charge >= 0.3 is 6.09 Å². The van der Waals surface area contributed by atoms with E-state index in [1.807, 2.05) is 6.92 Å². The van der Waals surface area contributed by atoms with Gasteiger partial charge in [-0.3, -0.25) is 0 Å². The third kappa shape index (κ3) is 5.08. The van der Waals surface area contributed by atoms with Gasteiger partial charge in [-0.15, -0.1) is 0 Å². The van der Waals surface area contributed by atoms with E-state index in [1.165, 1.54) is 0 Å². The summed E-state index contributed by atoms with van der Waals surface area (Å²) in [5, 5.41) is 10.3. The van der Waals surface area contributed by atoms with Gasteiger partial charge in [0, 0.05) is 13.0 Å². The molecule has 4 heteroatoms. The van der Waals surface area contributed by atoms with Gasteiger partial charge in [0.25, 0.3) is 0 Å². The lowest BCUT2D eigenvalue weighted by Crippen LogP contribution is -2.26. The van der Waals surface area contributed by atoms with Crippen LogP contribution in [0.2, 0.25) is 0 Å². The van der Waals surface area contributed by atoms with Crippen LogP contribution in [-0.4, -0.2) is 24.0 Å². The Kier molecular flexibility index (Phi) is 4.28. The van der Waals surface area contributed by atoms with Crippen molar-refractivity contribution in [3.05, 3.63) is 0 Å². The number of aldehydes is 1. The predicted molar refractivity (Wildman–Crippen MR) is 35.9 cm³/mol. The van der Waals surface area contributed by atoms with Crippen LogP contribution < -0.4 is 5.32 Å². The molecule has 0 aromatic rings. The Bertz CT molecular complexity index is 124. The van der Waals surface area contributed by atoms with Crippen molar-refractivity contribution in [1.82, 2.24) is 5.32 Å². The number of amides is 1. The number of carbonyl (C=O) groups excluding carboxylic acids is 1. The number of hydrogen-bond donors (Lipinski definition) is 2. The smallest absolute Gasteiger partial charge is 0.404 e. The molecule has 0 aromatic carbocycles. The van der Waals surface area contributed by atoms with Gasteiger partial charge in [0.1, 0.15) is 6.29 Å². The molecule has 0 aromatic heterocycles. The Morgan fingerprint density at radius 2 is 2.40 bits per heavy atom. The van der Waals surface area contributed by atoms with E-state index in [-0.39, 0.29) is 5.92 Å². The van der Waals surface area contributed by atoms with Crippen LogP contribution in [0.15, 0.2) is 0 Å². The van der Waals surface area contributed by atoms with Crippen LogP contribution in [0.4, 0.5) is 4.79 Å². The number of carboxylic acid groups (broad SMARTS) is 1. The van der Waals surface area contributed by atoms with Crippen molar-refractivity contribution in [2.45, 2.75) is 13.3 Å². The molecule has 0 aliphatic heterocycles. The van der Waals surface area contributed by atoms with E-state index in [0.717, 1.165) is 6.29 Å². The first-order valence-electron chi connectivity index (χ1n) is 3.07. The summed E-state index contributed by atoms with van der Waals surface area (Å²) < 4.78 is 0. The zero-order valence-electron chi connectivity index (χ0n) is 5.83. The second-order valence-corrected chi connectivity index (χ2v) is 2.19. The molecule has 0 rings (SSSR count). The summed E-state index contributed by atoms with van der Waals surface area (Å²) in [6, 6.07) is 0. The maximum absolute atomic E-state index is 9.91. The largest absolute Gasteiger partial charge is 0.465 e. The lowest BCUT2D eigenvalue weighted by Gasteiger charge is -2.05. The maximum Gasteiger partial charge on any atom is 0.404 e. The molecule has 0 aliphatic rings. The van der Waals surface area contributed by atoms with E-state index < -0.39 is 6.09 Å². The summed E-state index contributed by atoms with van der Waals surface area (Å²) in [5.74, 6) is 0.0913. The minimum atomic E-state index is -1.04. The molecule has 0 heterocycles. The SMILES string of the molecule is CC(CC=O)CNC(=O)O. The van der Waals surface area contributed by atoms with Crippen molar-refractivity contribution in [3.8, 4) is 0 Å². The Labute approximate surface area is 59.2 Å². The van der Waals surface area contributed by atoms with E-state index in [4.69, 9.17) is 5.11 Å². The van der Waals surface area contributed by atoms with Gasteiger partial charge < -0.3 is 15.2 Å². The molecule has 0 radical (unpaired) electrons. The van der Waals surface area contributed by atoms with Crippen molar-refractivity contribution < 1.29 is 14.7 Å². The highest BCUT2D eigenvalue weighted by Crippen LogP contribution is 1.95. The van der Waals surface area contributed by atoms with E-state index in [0.29, 0.717) is 13.0 Å². The summed E-state index contributed by atoms with van der Waals surface area (Å²) in [6.45, 7) is 2.15. The second-order valence-electron chi connectivity index (χ2n) is 2.19. The van der Waals surface area contributed by atoms with Crippen molar-refractivity contribution >= 4 is 12.4 Å². The Hall–Kier alpha value is -1.06. The molecule has 1 atom stereocenters. The van der Waals surface area contributed by atoms with Gasteiger partial charge in [0.2, 0.25) is 0 Å². The molecule has 2 N–H and O–H groups in total. The average Bonchev–Trinajstić information content (AvgIpc) is 1.85. The van der Waals surface area contributed by atoms with Crippen LogP contribution in [0.5, 0.6) is 0 Å². The highest BCUT2D eigenvalue weighted by atomic mass is 16.4. The average molecular weight is 145 g/mol. The number of rotatable bonds is 4. The topological polar surface area (TPSA) is 66.4 Å². The highest BCUT2D eigenvalue weighted by molar-refractivity contribution is 5.64. The van der Waals surface area contributed by atoms with E-state index >= 15 is 0 Å². The molecular formula is C6H11NO3. The van der Waals surface area contributed by atoms with Gasteiger partial charge in [-0.05, 0) is 5.92 Å². The zero-order chi connectivity index (χ0) is 7.98. The number of hydrogen-bond acceptors (Lipinski definition) is 2. The fourth-order valence-corrected chi connectivity index (χ4v) is 0.509. The van der Waals surface area contributed by atoms with Crippen LogP contribution in [0.25, 0.3) is 0 Å². The van der Waals surface area contributed by atoms with Crippen LogP contribution in [0.1, 0.15) is 13.3 Å². The molecule has 1 unspecified atom stereocenters. The second kappa shape index (κ2) is 4.78. The summed E-state index contributed by atoms with van der Waals surface area (Å²) in [5.41, 5.74) is 0. The molecule has 0 saturated heterocycles. The molecule has 1 amide bonds. The van der Waals surface area contributed by atoms with Crippen molar-refractivity contribution in [3.63, 3.8) is 0 Å². The summed E-state index contributed by atoms with van der Waals surface area (Å²) in [4.78, 5) is 19.8. The molecule has 58 valence electrons. The molecular weight excluding hydrogens is 134 g/mol.